The Kier molecular flexibility index (Phi) is 4.39. The molecule has 1 N–H and O–H groups in total. The molecule has 1 saturated heterocycles. The summed E-state index contributed by atoms with van der Waals surface area (Å²) in [7, 11) is 1.74. The molecule has 1 fully saturated rings. The predicted octanol–water partition coefficient (Wildman–Crippen LogP) is 1.29. The van der Waals surface area contributed by atoms with Crippen molar-refractivity contribution in [2.75, 3.05) is 31.1 Å². The van der Waals surface area contributed by atoms with Gasteiger partial charge in [0.1, 0.15) is 0 Å². The highest BCUT2D eigenvalue weighted by molar-refractivity contribution is 7.09. The normalized spacial score (nSPS) is 16.7. The first kappa shape index (κ1) is 15.0. The third kappa shape index (κ3) is 3.28. The third-order valence-corrected chi connectivity index (χ3v) is 4.62. The maximum Gasteiger partial charge on any atom is 0.375 e. The molecule has 0 unspecified atom stereocenters. The molecule has 8 heteroatoms. The first-order valence-electron chi connectivity index (χ1n) is 7.27. The molecule has 0 bridgehead atoms. The minimum absolute atomic E-state index is 0.141. The Morgan fingerprint density at radius 1 is 1.36 bits per heavy atom. The molecule has 0 atom stereocenters. The Labute approximate surface area is 132 Å². The largest absolute Gasteiger partial charge is 0.475 e. The number of aromatic nitrogens is 3. The van der Waals surface area contributed by atoms with Gasteiger partial charge < -0.3 is 10.0 Å². The van der Waals surface area contributed by atoms with E-state index < -0.39 is 5.97 Å². The molecule has 22 heavy (non-hydrogen) atoms. The third-order valence-electron chi connectivity index (χ3n) is 3.76. The van der Waals surface area contributed by atoms with Crippen molar-refractivity contribution < 1.29 is 9.90 Å². The Hall–Kier alpha value is -1.93. The second-order valence-electron chi connectivity index (χ2n) is 5.36. The van der Waals surface area contributed by atoms with Crippen molar-refractivity contribution in [3.8, 4) is 0 Å². The number of nitrogens with zero attached hydrogens (tertiary/aromatic N) is 5. The lowest BCUT2D eigenvalue weighted by Gasteiger charge is -2.21. The minimum atomic E-state index is -1.09. The Balaban J connectivity index is 1.66. The minimum Gasteiger partial charge on any atom is -0.475 e. The molecule has 2 aromatic rings. The number of carbonyl (C=O) groups is 1. The van der Waals surface area contributed by atoms with Crippen LogP contribution in [0.15, 0.2) is 17.5 Å². The summed E-state index contributed by atoms with van der Waals surface area (Å²) in [4.78, 5) is 21.0. The van der Waals surface area contributed by atoms with Crippen molar-refractivity contribution in [1.82, 2.24) is 19.7 Å². The fourth-order valence-corrected chi connectivity index (χ4v) is 3.44. The summed E-state index contributed by atoms with van der Waals surface area (Å²) in [6, 6.07) is 4.24. The number of rotatable bonds is 4. The Bertz CT molecular complexity index is 640. The molecule has 0 aliphatic carbocycles. The number of aryl methyl sites for hydroxylation is 1. The van der Waals surface area contributed by atoms with Crippen molar-refractivity contribution in [3.63, 3.8) is 0 Å². The molecule has 3 heterocycles. The number of hydrogen-bond acceptors (Lipinski definition) is 6. The Morgan fingerprint density at radius 3 is 2.91 bits per heavy atom. The molecule has 0 saturated carbocycles. The van der Waals surface area contributed by atoms with E-state index >= 15 is 0 Å². The van der Waals surface area contributed by atoms with Gasteiger partial charge in [-0.3, -0.25) is 4.90 Å². The van der Waals surface area contributed by atoms with Gasteiger partial charge in [-0.1, -0.05) is 6.07 Å². The molecule has 0 aromatic carbocycles. The van der Waals surface area contributed by atoms with Crippen LogP contribution < -0.4 is 4.90 Å². The van der Waals surface area contributed by atoms with Gasteiger partial charge in [0.2, 0.25) is 5.95 Å². The number of aromatic carboxylic acids is 1. The molecular formula is C14H19N5O2S. The topological polar surface area (TPSA) is 74.5 Å². The monoisotopic (exact) mass is 321 g/mol. The molecule has 0 spiro atoms. The zero-order valence-electron chi connectivity index (χ0n) is 12.5. The van der Waals surface area contributed by atoms with E-state index in [0.717, 1.165) is 39.1 Å². The number of carboxylic acid groups (broad SMARTS) is 1. The van der Waals surface area contributed by atoms with Crippen LogP contribution >= 0.6 is 11.3 Å². The smallest absolute Gasteiger partial charge is 0.375 e. The number of thiophene rings is 1. The zero-order valence-corrected chi connectivity index (χ0v) is 13.3. The molecule has 7 nitrogen and oxygen atoms in total. The first-order chi connectivity index (χ1) is 10.6. The van der Waals surface area contributed by atoms with Crippen molar-refractivity contribution >= 4 is 23.3 Å². The maximum atomic E-state index is 11.0. The van der Waals surface area contributed by atoms with Crippen molar-refractivity contribution in [2.24, 2.45) is 7.05 Å². The van der Waals surface area contributed by atoms with Gasteiger partial charge in [-0.2, -0.15) is 4.98 Å². The highest BCUT2D eigenvalue weighted by Gasteiger charge is 2.21. The van der Waals surface area contributed by atoms with E-state index in [1.54, 1.807) is 23.1 Å². The van der Waals surface area contributed by atoms with Gasteiger partial charge in [-0.25, -0.2) is 9.48 Å². The fraction of sp³-hybridized carbons (Fsp3) is 0.500. The average Bonchev–Trinajstić information content (AvgIpc) is 3.06. The fourth-order valence-electron chi connectivity index (χ4n) is 2.69. The van der Waals surface area contributed by atoms with E-state index in [4.69, 9.17) is 5.11 Å². The van der Waals surface area contributed by atoms with E-state index in [1.807, 2.05) is 0 Å². The number of anilines is 1. The first-order valence-corrected chi connectivity index (χ1v) is 8.15. The summed E-state index contributed by atoms with van der Waals surface area (Å²) in [6.07, 6.45) is 1.03. The van der Waals surface area contributed by atoms with Crippen LogP contribution in [0.1, 0.15) is 21.9 Å². The molecule has 1 aliphatic heterocycles. The summed E-state index contributed by atoms with van der Waals surface area (Å²) < 4.78 is 1.55. The van der Waals surface area contributed by atoms with Gasteiger partial charge in [-0.05, 0) is 17.9 Å². The molecule has 0 radical (unpaired) electrons. The molecular weight excluding hydrogens is 302 g/mol. The molecule has 3 rings (SSSR count). The molecule has 0 amide bonds. The van der Waals surface area contributed by atoms with E-state index in [0.29, 0.717) is 5.95 Å². The highest BCUT2D eigenvalue weighted by Crippen LogP contribution is 2.17. The van der Waals surface area contributed by atoms with Crippen LogP contribution in [0.3, 0.4) is 0 Å². The van der Waals surface area contributed by atoms with Gasteiger partial charge in [0, 0.05) is 44.6 Å². The molecule has 118 valence electrons. The van der Waals surface area contributed by atoms with Crippen molar-refractivity contribution in [1.29, 1.82) is 0 Å². The summed E-state index contributed by atoms with van der Waals surface area (Å²) in [5.41, 5.74) is 0. The van der Waals surface area contributed by atoms with E-state index in [9.17, 15) is 4.79 Å². The lowest BCUT2D eigenvalue weighted by atomic mass is 10.3. The van der Waals surface area contributed by atoms with Gasteiger partial charge in [-0.15, -0.1) is 16.4 Å². The van der Waals surface area contributed by atoms with Crippen LogP contribution in [0, 0.1) is 0 Å². The highest BCUT2D eigenvalue weighted by atomic mass is 32.1. The van der Waals surface area contributed by atoms with E-state index in [1.165, 1.54) is 4.88 Å². The van der Waals surface area contributed by atoms with Crippen LogP contribution in [0.5, 0.6) is 0 Å². The van der Waals surface area contributed by atoms with Crippen molar-refractivity contribution in [3.05, 3.63) is 28.2 Å². The van der Waals surface area contributed by atoms with Crippen LogP contribution in [0.25, 0.3) is 0 Å². The number of hydrogen-bond donors (Lipinski definition) is 1. The van der Waals surface area contributed by atoms with Gasteiger partial charge in [0.25, 0.3) is 5.82 Å². The predicted molar refractivity (Wildman–Crippen MR) is 84.4 cm³/mol. The summed E-state index contributed by atoms with van der Waals surface area (Å²) in [6.45, 7) is 4.65. The van der Waals surface area contributed by atoms with Gasteiger partial charge in [0.05, 0.1) is 0 Å². The van der Waals surface area contributed by atoms with Crippen molar-refractivity contribution in [2.45, 2.75) is 13.0 Å². The summed E-state index contributed by atoms with van der Waals surface area (Å²) in [5.74, 6) is -0.594. The second kappa shape index (κ2) is 6.45. The molecule has 1 aliphatic rings. The van der Waals surface area contributed by atoms with E-state index in [-0.39, 0.29) is 5.82 Å². The quantitative estimate of drug-likeness (QED) is 0.914. The zero-order chi connectivity index (χ0) is 15.5. The van der Waals surface area contributed by atoms with Crippen LogP contribution in [-0.4, -0.2) is 56.9 Å². The second-order valence-corrected chi connectivity index (χ2v) is 6.39. The summed E-state index contributed by atoms with van der Waals surface area (Å²) in [5, 5.41) is 15.1. The van der Waals surface area contributed by atoms with Crippen LogP contribution in [-0.2, 0) is 13.6 Å². The Morgan fingerprint density at radius 2 is 2.23 bits per heavy atom. The lowest BCUT2D eigenvalue weighted by Crippen LogP contribution is -2.31. The number of carboxylic acids is 1. The summed E-state index contributed by atoms with van der Waals surface area (Å²) >= 11 is 1.78. The van der Waals surface area contributed by atoms with Crippen LogP contribution in [0.2, 0.25) is 0 Å². The average molecular weight is 321 g/mol. The van der Waals surface area contributed by atoms with Crippen LogP contribution in [0.4, 0.5) is 5.95 Å². The van der Waals surface area contributed by atoms with E-state index in [2.05, 4.69) is 37.4 Å². The van der Waals surface area contributed by atoms with Gasteiger partial charge >= 0.3 is 5.97 Å². The van der Waals surface area contributed by atoms with Gasteiger partial charge in [0.15, 0.2) is 0 Å². The standard InChI is InChI=1S/C14H19N5O2S/c1-17-14(15-12(16-17)13(20)21)19-6-3-5-18(7-8-19)10-11-4-2-9-22-11/h2,4,9H,3,5-8,10H2,1H3,(H,20,21). The SMILES string of the molecule is Cn1nc(C(=O)O)nc1N1CCCN(Cc2cccs2)CC1. The maximum absolute atomic E-state index is 11.0. The lowest BCUT2D eigenvalue weighted by molar-refractivity contribution is 0.0683. The molecule has 2 aromatic heterocycles.